The summed E-state index contributed by atoms with van der Waals surface area (Å²) in [6.07, 6.45) is 3.49. The fraction of sp³-hybridized carbons (Fsp3) is 0.415. The first-order chi connectivity index (χ1) is 34.3. The minimum atomic E-state index is -0.844. The predicted octanol–water partition coefficient (Wildman–Crippen LogP) is 9.83. The topological polar surface area (TPSA) is 137 Å². The van der Waals surface area contributed by atoms with Gasteiger partial charge in [-0.2, -0.15) is 9.97 Å². The second-order valence-electron chi connectivity index (χ2n) is 19.3. The number of pyridine rings is 2. The van der Waals surface area contributed by atoms with Gasteiger partial charge in [0.1, 0.15) is 58.5 Å². The first-order valence-electron chi connectivity index (χ1n) is 24.0. The molecule has 4 aliphatic rings. The Bertz CT molecular complexity index is 2890. The van der Waals surface area contributed by atoms with Gasteiger partial charge in [0.15, 0.2) is 11.6 Å². The SMILES string of the molecule is COc1ccc(CN(Cc2ccc(OC)cc2)c2cc(C)c(I)c(-c3nc4c5c(nc(OC[C@@H]6CC[C@H]7COCCN76)nc5c3F)N([C@@H]3CCN(C(=O)OC(C)(C)C)c5ncccc53)CCO4)c2F)cc1. The Morgan fingerprint density at radius 1 is 0.873 bits per heavy atom. The minimum Gasteiger partial charge on any atom is -0.497 e. The first kappa shape index (κ1) is 48.5. The fourth-order valence-corrected chi connectivity index (χ4v) is 10.8. The van der Waals surface area contributed by atoms with Crippen LogP contribution in [-0.4, -0.2) is 109 Å². The molecule has 0 aliphatic carbocycles. The number of methoxy groups -OCH3 is 2. The summed E-state index contributed by atoms with van der Waals surface area (Å²) < 4.78 is 72.0. The molecule has 0 saturated carbocycles. The predicted molar refractivity (Wildman–Crippen MR) is 274 cm³/mol. The number of carbonyl (C=O) groups excluding carboxylic acids is 1. The first-order valence-corrected chi connectivity index (χ1v) is 25.1. The highest BCUT2D eigenvalue weighted by Gasteiger charge is 2.40. The van der Waals surface area contributed by atoms with E-state index in [0.29, 0.717) is 78.6 Å². The molecule has 0 radical (unpaired) electrons. The zero-order chi connectivity index (χ0) is 49.6. The number of ether oxygens (including phenoxy) is 6. The molecule has 0 bridgehead atoms. The zero-order valence-electron chi connectivity index (χ0n) is 40.7. The number of morpholine rings is 1. The molecule has 7 heterocycles. The molecule has 2 fully saturated rings. The Morgan fingerprint density at radius 3 is 2.28 bits per heavy atom. The molecule has 0 spiro atoms. The van der Waals surface area contributed by atoms with Crippen molar-refractivity contribution in [2.45, 2.75) is 83.8 Å². The van der Waals surface area contributed by atoms with Gasteiger partial charge in [0.05, 0.1) is 51.3 Å². The van der Waals surface area contributed by atoms with Crippen molar-refractivity contribution < 1.29 is 42.0 Å². The van der Waals surface area contributed by atoms with Gasteiger partial charge in [0, 0.05) is 53.6 Å². The second kappa shape index (κ2) is 20.2. The van der Waals surface area contributed by atoms with Crippen molar-refractivity contribution in [2.75, 3.05) is 75.0 Å². The van der Waals surface area contributed by atoms with E-state index in [9.17, 15) is 4.79 Å². The molecule has 4 aliphatic heterocycles. The lowest BCUT2D eigenvalue weighted by atomic mass is 9.97. The fourth-order valence-electron chi connectivity index (χ4n) is 10.1. The number of halogens is 3. The molecule has 6 aromatic rings. The summed E-state index contributed by atoms with van der Waals surface area (Å²) in [6.45, 7) is 11.1. The van der Waals surface area contributed by atoms with E-state index >= 15 is 8.78 Å². The van der Waals surface area contributed by atoms with Gasteiger partial charge in [0.25, 0.3) is 0 Å². The Hall–Kier alpha value is -6.12. The van der Waals surface area contributed by atoms with Crippen LogP contribution >= 0.6 is 22.6 Å². The molecular weight excluding hydrogens is 1030 g/mol. The zero-order valence-corrected chi connectivity index (χ0v) is 42.9. The number of rotatable bonds is 12. The van der Waals surface area contributed by atoms with Crippen LogP contribution in [0.25, 0.3) is 22.2 Å². The maximum Gasteiger partial charge on any atom is 0.416 e. The van der Waals surface area contributed by atoms with Crippen molar-refractivity contribution in [3.05, 3.63) is 110 Å². The average molecular weight is 1080 g/mol. The van der Waals surface area contributed by atoms with E-state index < -0.39 is 23.3 Å². The van der Waals surface area contributed by atoms with Crippen LogP contribution in [0, 0.1) is 22.1 Å². The third-order valence-corrected chi connectivity index (χ3v) is 15.0. The van der Waals surface area contributed by atoms with Gasteiger partial charge in [-0.15, -0.1) is 0 Å². The second-order valence-corrected chi connectivity index (χ2v) is 20.4. The van der Waals surface area contributed by atoms with Gasteiger partial charge in [-0.05, 0) is 123 Å². The third-order valence-electron chi connectivity index (χ3n) is 13.6. The van der Waals surface area contributed by atoms with Crippen molar-refractivity contribution in [2.24, 2.45) is 0 Å². The van der Waals surface area contributed by atoms with E-state index in [0.717, 1.165) is 41.6 Å². The Labute approximate surface area is 425 Å². The van der Waals surface area contributed by atoms with E-state index in [4.69, 9.17) is 43.4 Å². The molecule has 2 saturated heterocycles. The number of carbonyl (C=O) groups is 1. The van der Waals surface area contributed by atoms with E-state index in [1.807, 2.05) is 98.2 Å². The summed E-state index contributed by atoms with van der Waals surface area (Å²) in [5.74, 6) is 0.782. The summed E-state index contributed by atoms with van der Waals surface area (Å²) in [5.41, 5.74) is 2.48. The largest absolute Gasteiger partial charge is 0.497 e. The van der Waals surface area contributed by atoms with Crippen LogP contribution in [0.3, 0.4) is 0 Å². The van der Waals surface area contributed by atoms with Crippen LogP contribution < -0.4 is 33.6 Å². The lowest BCUT2D eigenvalue weighted by Gasteiger charge is -2.39. The van der Waals surface area contributed by atoms with Crippen molar-refractivity contribution >= 4 is 56.9 Å². The van der Waals surface area contributed by atoms with E-state index in [2.05, 4.69) is 32.5 Å². The van der Waals surface area contributed by atoms with Crippen molar-refractivity contribution in [3.8, 4) is 34.6 Å². The Balaban J connectivity index is 1.10. The number of fused-ring (bicyclic) bond motifs is 2. The van der Waals surface area contributed by atoms with Crippen molar-refractivity contribution in [1.82, 2.24) is 24.8 Å². The molecule has 18 heteroatoms. The highest BCUT2D eigenvalue weighted by molar-refractivity contribution is 14.1. The molecule has 3 aromatic carbocycles. The van der Waals surface area contributed by atoms with Crippen LogP contribution in [0.5, 0.6) is 23.4 Å². The highest BCUT2D eigenvalue weighted by atomic mass is 127. The summed E-state index contributed by atoms with van der Waals surface area (Å²) in [7, 11) is 3.22. The van der Waals surface area contributed by atoms with Crippen molar-refractivity contribution in [1.29, 1.82) is 0 Å². The van der Waals surface area contributed by atoms with E-state index in [1.54, 1.807) is 31.4 Å². The molecule has 71 heavy (non-hydrogen) atoms. The molecule has 15 nitrogen and oxygen atoms in total. The van der Waals surface area contributed by atoms with E-state index in [1.165, 1.54) is 0 Å². The maximum atomic E-state index is 18.1. The Morgan fingerprint density at radius 2 is 1.59 bits per heavy atom. The standard InChI is InChI=1S/C53H57F2IN8O7/c1-31-26-40(61(27-32-9-15-36(66-5)16-10-32)28-33-11-17-37(67-6)18-12-33)43(54)41(45(31)56)46-44(55)47-42-49(60-51(59-47)70-30-35-14-13-34-29-68-24-22-62(34)35)63(23-25-69-50(42)58-46)39-19-21-64(52(65)71-53(2,3)4)48-38(39)8-7-20-57-48/h7-12,15-18,20,26,34-35,39H,13-14,19,21-25,27-30H2,1-6H3/t34-,35-,39+/m0/s1. The third kappa shape index (κ3) is 9.81. The number of aryl methyl sites for hydroxylation is 1. The van der Waals surface area contributed by atoms with Crippen LogP contribution in [-0.2, 0) is 22.6 Å². The molecular formula is C53H57F2IN8O7. The average Bonchev–Trinajstić information content (AvgIpc) is 3.70. The van der Waals surface area contributed by atoms with Crippen LogP contribution in [0.1, 0.15) is 68.3 Å². The van der Waals surface area contributed by atoms with Gasteiger partial charge in [0.2, 0.25) is 5.88 Å². The number of hydrogen-bond acceptors (Lipinski definition) is 14. The normalized spacial score (nSPS) is 18.9. The summed E-state index contributed by atoms with van der Waals surface area (Å²) in [4.78, 5) is 40.9. The van der Waals surface area contributed by atoms with Gasteiger partial charge >= 0.3 is 12.1 Å². The lowest BCUT2D eigenvalue weighted by molar-refractivity contribution is -0.0101. The molecule has 0 N–H and O–H groups in total. The van der Waals surface area contributed by atoms with Gasteiger partial charge in [-0.25, -0.2) is 23.5 Å². The number of amides is 1. The number of benzene rings is 3. The van der Waals surface area contributed by atoms with Gasteiger partial charge in [-0.3, -0.25) is 9.80 Å². The van der Waals surface area contributed by atoms with E-state index in [-0.39, 0.29) is 65.0 Å². The highest BCUT2D eigenvalue weighted by Crippen LogP contribution is 2.47. The van der Waals surface area contributed by atoms with Crippen LogP contribution in [0.2, 0.25) is 0 Å². The van der Waals surface area contributed by atoms with Crippen LogP contribution in [0.4, 0.5) is 30.9 Å². The lowest BCUT2D eigenvalue weighted by Crippen LogP contribution is -2.46. The molecule has 0 unspecified atom stereocenters. The maximum absolute atomic E-state index is 18.1. The minimum absolute atomic E-state index is 0.0168. The monoisotopic (exact) mass is 1080 g/mol. The molecule has 372 valence electrons. The molecule has 3 aromatic heterocycles. The molecule has 1 amide bonds. The number of hydrogen-bond donors (Lipinski definition) is 0. The number of aromatic nitrogens is 4. The summed E-state index contributed by atoms with van der Waals surface area (Å²) >= 11 is 2.08. The quantitative estimate of drug-likeness (QED) is 0.108. The Kier molecular flexibility index (Phi) is 13.8. The smallest absolute Gasteiger partial charge is 0.416 e. The van der Waals surface area contributed by atoms with Gasteiger partial charge < -0.3 is 38.2 Å². The summed E-state index contributed by atoms with van der Waals surface area (Å²) in [6, 6.07) is 20.8. The van der Waals surface area contributed by atoms with Crippen molar-refractivity contribution in [3.63, 3.8) is 0 Å². The van der Waals surface area contributed by atoms with Gasteiger partial charge in [-0.1, -0.05) is 30.3 Å². The summed E-state index contributed by atoms with van der Waals surface area (Å²) in [5, 5.41) is 0.231. The number of nitrogens with zero attached hydrogens (tertiary/aromatic N) is 8. The molecule has 10 rings (SSSR count). The molecule has 3 atom stereocenters. The van der Waals surface area contributed by atoms with Crippen LogP contribution in [0.15, 0.2) is 72.9 Å². The number of anilines is 3.